The van der Waals surface area contributed by atoms with Crippen molar-refractivity contribution in [1.29, 1.82) is 0 Å². The van der Waals surface area contributed by atoms with E-state index in [9.17, 15) is 0 Å². The van der Waals surface area contributed by atoms with Crippen molar-refractivity contribution in [2.24, 2.45) is 0 Å². The molecule has 0 aliphatic carbocycles. The SMILES string of the molecule is Sc1ccc2ccc3ccc4ccc5ccccc5c4c3c2c1. The zero-order valence-corrected chi connectivity index (χ0v) is 13.3. The summed E-state index contributed by atoms with van der Waals surface area (Å²) in [6, 6.07) is 28.3. The molecule has 0 spiro atoms. The van der Waals surface area contributed by atoms with Crippen molar-refractivity contribution >= 4 is 55.7 Å². The van der Waals surface area contributed by atoms with Crippen LogP contribution in [0.4, 0.5) is 0 Å². The van der Waals surface area contributed by atoms with Gasteiger partial charge in [-0.1, -0.05) is 66.7 Å². The summed E-state index contributed by atoms with van der Waals surface area (Å²) < 4.78 is 0. The topological polar surface area (TPSA) is 0 Å². The molecule has 23 heavy (non-hydrogen) atoms. The molecule has 0 aliphatic rings. The molecule has 0 amide bonds. The van der Waals surface area contributed by atoms with Crippen LogP contribution in [0.15, 0.2) is 83.8 Å². The van der Waals surface area contributed by atoms with Crippen molar-refractivity contribution in [3.05, 3.63) is 78.9 Å². The highest BCUT2D eigenvalue weighted by Crippen LogP contribution is 2.36. The molecule has 108 valence electrons. The van der Waals surface area contributed by atoms with E-state index in [1.165, 1.54) is 43.1 Å². The predicted molar refractivity (Wildman–Crippen MR) is 104 cm³/mol. The van der Waals surface area contributed by atoms with Gasteiger partial charge in [0.1, 0.15) is 0 Å². The Morgan fingerprint density at radius 1 is 0.478 bits per heavy atom. The zero-order valence-electron chi connectivity index (χ0n) is 12.5. The Labute approximate surface area is 139 Å². The van der Waals surface area contributed by atoms with Crippen LogP contribution >= 0.6 is 12.6 Å². The number of hydrogen-bond acceptors (Lipinski definition) is 1. The molecule has 1 heteroatoms. The van der Waals surface area contributed by atoms with Crippen LogP contribution < -0.4 is 0 Å². The monoisotopic (exact) mass is 310 g/mol. The maximum Gasteiger partial charge on any atom is 0.00465 e. The van der Waals surface area contributed by atoms with Gasteiger partial charge < -0.3 is 0 Å². The third-order valence-electron chi connectivity index (χ3n) is 4.69. The second-order valence-electron chi connectivity index (χ2n) is 6.02. The van der Waals surface area contributed by atoms with Crippen LogP contribution in [0.5, 0.6) is 0 Å². The first kappa shape index (κ1) is 13.0. The van der Waals surface area contributed by atoms with E-state index in [0.29, 0.717) is 0 Å². The Balaban J connectivity index is 2.17. The highest BCUT2D eigenvalue weighted by Gasteiger charge is 2.08. The second-order valence-corrected chi connectivity index (χ2v) is 6.54. The number of hydrogen-bond donors (Lipinski definition) is 1. The van der Waals surface area contributed by atoms with Crippen LogP contribution in [0.3, 0.4) is 0 Å². The third kappa shape index (κ3) is 1.87. The average Bonchev–Trinajstić information content (AvgIpc) is 2.60. The first-order valence-corrected chi connectivity index (χ1v) is 8.22. The molecule has 5 aromatic rings. The van der Waals surface area contributed by atoms with Gasteiger partial charge in [0.15, 0.2) is 0 Å². The molecule has 5 rings (SSSR count). The quantitative estimate of drug-likeness (QED) is 0.242. The standard InChI is InChI=1S/C22H14S/c23-18-12-11-15-6-8-17-10-9-16-7-5-14-3-1-2-4-19(14)21(16)22(17)20(15)13-18/h1-13,23H. The predicted octanol–water partition coefficient (Wildman–Crippen LogP) is 6.59. The first-order valence-electron chi connectivity index (χ1n) is 7.77. The minimum Gasteiger partial charge on any atom is -0.143 e. The third-order valence-corrected chi connectivity index (χ3v) is 4.97. The molecule has 0 bridgehead atoms. The number of rotatable bonds is 0. The fraction of sp³-hybridized carbons (Fsp3) is 0. The minimum absolute atomic E-state index is 1.00. The molecule has 0 atom stereocenters. The fourth-order valence-corrected chi connectivity index (χ4v) is 3.83. The number of benzene rings is 5. The lowest BCUT2D eigenvalue weighted by Gasteiger charge is -2.11. The lowest BCUT2D eigenvalue weighted by molar-refractivity contribution is 1.54. The average molecular weight is 310 g/mol. The summed E-state index contributed by atoms with van der Waals surface area (Å²) in [7, 11) is 0. The van der Waals surface area contributed by atoms with Gasteiger partial charge in [0, 0.05) is 4.90 Å². The maximum absolute atomic E-state index is 4.55. The molecule has 0 unspecified atom stereocenters. The molecular weight excluding hydrogens is 296 g/mol. The smallest absolute Gasteiger partial charge is 0.00465 e. The van der Waals surface area contributed by atoms with Gasteiger partial charge in [0.25, 0.3) is 0 Å². The highest BCUT2D eigenvalue weighted by atomic mass is 32.1. The first-order chi connectivity index (χ1) is 11.3. The van der Waals surface area contributed by atoms with Crippen molar-refractivity contribution in [3.63, 3.8) is 0 Å². The van der Waals surface area contributed by atoms with Gasteiger partial charge in [-0.25, -0.2) is 0 Å². The summed E-state index contributed by atoms with van der Waals surface area (Å²) >= 11 is 4.55. The van der Waals surface area contributed by atoms with E-state index >= 15 is 0 Å². The van der Waals surface area contributed by atoms with Crippen molar-refractivity contribution in [2.75, 3.05) is 0 Å². The summed E-state index contributed by atoms with van der Waals surface area (Å²) in [5, 5.41) is 10.4. The Hall–Kier alpha value is -2.51. The van der Waals surface area contributed by atoms with E-state index in [2.05, 4.69) is 91.5 Å². The van der Waals surface area contributed by atoms with Crippen molar-refractivity contribution in [1.82, 2.24) is 0 Å². The van der Waals surface area contributed by atoms with Crippen LogP contribution in [-0.2, 0) is 0 Å². The van der Waals surface area contributed by atoms with Crippen LogP contribution in [0.25, 0.3) is 43.1 Å². The van der Waals surface area contributed by atoms with Crippen LogP contribution in [0.2, 0.25) is 0 Å². The van der Waals surface area contributed by atoms with Gasteiger partial charge in [-0.05, 0) is 55.2 Å². The largest absolute Gasteiger partial charge is 0.143 e. The van der Waals surface area contributed by atoms with E-state index < -0.39 is 0 Å². The van der Waals surface area contributed by atoms with Gasteiger partial charge in [0.05, 0.1) is 0 Å². The summed E-state index contributed by atoms with van der Waals surface area (Å²) in [6.07, 6.45) is 0. The summed E-state index contributed by atoms with van der Waals surface area (Å²) in [5.41, 5.74) is 0. The summed E-state index contributed by atoms with van der Waals surface area (Å²) in [4.78, 5) is 1.00. The van der Waals surface area contributed by atoms with Crippen molar-refractivity contribution < 1.29 is 0 Å². The van der Waals surface area contributed by atoms with E-state index in [1.54, 1.807) is 0 Å². The Morgan fingerprint density at radius 3 is 1.74 bits per heavy atom. The fourth-order valence-electron chi connectivity index (χ4n) is 3.63. The van der Waals surface area contributed by atoms with E-state index in [-0.39, 0.29) is 0 Å². The molecular formula is C22H14S. The lowest BCUT2D eigenvalue weighted by Crippen LogP contribution is -1.83. The van der Waals surface area contributed by atoms with E-state index in [1.807, 2.05) is 0 Å². The number of fused-ring (bicyclic) bond motifs is 7. The van der Waals surface area contributed by atoms with E-state index in [0.717, 1.165) is 4.90 Å². The molecule has 0 aliphatic heterocycles. The van der Waals surface area contributed by atoms with Crippen molar-refractivity contribution in [3.8, 4) is 0 Å². The second kappa shape index (κ2) is 4.74. The maximum atomic E-state index is 4.55. The highest BCUT2D eigenvalue weighted by molar-refractivity contribution is 7.80. The Bertz CT molecular complexity index is 1210. The molecule has 0 N–H and O–H groups in total. The molecule has 5 aromatic carbocycles. The summed E-state index contributed by atoms with van der Waals surface area (Å²) in [6.45, 7) is 0. The Morgan fingerprint density at radius 2 is 1.00 bits per heavy atom. The van der Waals surface area contributed by atoms with Gasteiger partial charge in [-0.15, -0.1) is 12.6 Å². The van der Waals surface area contributed by atoms with E-state index in [4.69, 9.17) is 0 Å². The molecule has 0 saturated heterocycles. The van der Waals surface area contributed by atoms with Crippen molar-refractivity contribution in [2.45, 2.75) is 4.90 Å². The molecule has 0 radical (unpaired) electrons. The number of thiol groups is 1. The normalized spacial score (nSPS) is 11.7. The van der Waals surface area contributed by atoms with Gasteiger partial charge in [-0.3, -0.25) is 0 Å². The van der Waals surface area contributed by atoms with Gasteiger partial charge in [-0.2, -0.15) is 0 Å². The minimum atomic E-state index is 1.00. The van der Waals surface area contributed by atoms with Gasteiger partial charge >= 0.3 is 0 Å². The molecule has 0 saturated carbocycles. The Kier molecular flexibility index (Phi) is 2.67. The molecule has 0 aromatic heterocycles. The summed E-state index contributed by atoms with van der Waals surface area (Å²) in [5.74, 6) is 0. The molecule has 0 fully saturated rings. The zero-order chi connectivity index (χ0) is 15.4. The molecule has 0 nitrogen and oxygen atoms in total. The molecule has 0 heterocycles. The lowest BCUT2D eigenvalue weighted by atomic mass is 9.93. The van der Waals surface area contributed by atoms with Crippen LogP contribution in [0.1, 0.15) is 0 Å². The van der Waals surface area contributed by atoms with Crippen LogP contribution in [-0.4, -0.2) is 0 Å². The van der Waals surface area contributed by atoms with Gasteiger partial charge in [0.2, 0.25) is 0 Å². The van der Waals surface area contributed by atoms with Crippen LogP contribution in [0, 0.1) is 0 Å².